The van der Waals surface area contributed by atoms with Crippen LogP contribution in [0.1, 0.15) is 63.0 Å². The third-order valence-electron chi connectivity index (χ3n) is 4.30. The molecule has 1 heterocycles. The Balaban J connectivity index is 2.02. The van der Waals surface area contributed by atoms with Crippen LogP contribution >= 0.6 is 0 Å². The lowest BCUT2D eigenvalue weighted by Crippen LogP contribution is -2.46. The van der Waals surface area contributed by atoms with Crippen molar-refractivity contribution in [2.24, 2.45) is 5.92 Å². The van der Waals surface area contributed by atoms with E-state index in [2.05, 4.69) is 12.2 Å². The van der Waals surface area contributed by atoms with Gasteiger partial charge in [-0.15, -0.1) is 0 Å². The van der Waals surface area contributed by atoms with Crippen molar-refractivity contribution in [3.8, 4) is 0 Å². The molecule has 21 heavy (non-hydrogen) atoms. The first-order valence-electron chi connectivity index (χ1n) is 7.79. The maximum absolute atomic E-state index is 12.4. The van der Waals surface area contributed by atoms with E-state index in [1.54, 1.807) is 12.3 Å². The molecule has 0 aromatic carbocycles. The van der Waals surface area contributed by atoms with Crippen molar-refractivity contribution >= 4 is 11.6 Å². The van der Waals surface area contributed by atoms with E-state index in [9.17, 15) is 9.90 Å². The lowest BCUT2D eigenvalue weighted by molar-refractivity contribution is -0.0110. The van der Waals surface area contributed by atoms with Crippen molar-refractivity contribution in [3.05, 3.63) is 18.0 Å². The summed E-state index contributed by atoms with van der Waals surface area (Å²) in [5.74, 6) is 0.336. The number of carbonyl (C=O) groups is 1. The summed E-state index contributed by atoms with van der Waals surface area (Å²) in [4.78, 5) is 12.4. The molecule has 0 spiro atoms. The normalized spacial score (nSPS) is 26.0. The molecule has 1 aromatic heterocycles. The van der Waals surface area contributed by atoms with Gasteiger partial charge in [-0.25, -0.2) is 0 Å². The fourth-order valence-corrected chi connectivity index (χ4v) is 3.24. The van der Waals surface area contributed by atoms with Crippen LogP contribution < -0.4 is 11.1 Å². The Hall–Kier alpha value is -1.49. The van der Waals surface area contributed by atoms with Gasteiger partial charge in [-0.05, 0) is 38.7 Å². The molecular formula is C16H27N3O2. The van der Waals surface area contributed by atoms with Crippen molar-refractivity contribution in [2.75, 3.05) is 12.3 Å². The van der Waals surface area contributed by atoms with Crippen molar-refractivity contribution < 1.29 is 9.90 Å². The number of hydrogen-bond acceptors (Lipinski definition) is 3. The summed E-state index contributed by atoms with van der Waals surface area (Å²) in [6.07, 6.45) is 5.45. The average molecular weight is 293 g/mol. The molecule has 1 aliphatic rings. The molecule has 5 heteroatoms. The van der Waals surface area contributed by atoms with E-state index in [4.69, 9.17) is 5.73 Å². The zero-order valence-corrected chi connectivity index (χ0v) is 13.2. The van der Waals surface area contributed by atoms with Gasteiger partial charge in [0.15, 0.2) is 0 Å². The van der Waals surface area contributed by atoms with Gasteiger partial charge in [-0.3, -0.25) is 4.79 Å². The van der Waals surface area contributed by atoms with E-state index in [-0.39, 0.29) is 11.9 Å². The molecule has 2 rings (SSSR count). The van der Waals surface area contributed by atoms with Gasteiger partial charge < -0.3 is 20.7 Å². The number of nitrogens with one attached hydrogen (secondary N) is 1. The number of rotatable bonds is 4. The van der Waals surface area contributed by atoms with Crippen LogP contribution in [0.4, 0.5) is 5.69 Å². The van der Waals surface area contributed by atoms with Gasteiger partial charge in [-0.1, -0.05) is 19.8 Å². The number of amides is 1. The second kappa shape index (κ2) is 6.10. The largest absolute Gasteiger partial charge is 0.397 e. The van der Waals surface area contributed by atoms with E-state index < -0.39 is 5.60 Å². The number of carbonyl (C=O) groups excluding carboxylic acids is 1. The van der Waals surface area contributed by atoms with Gasteiger partial charge in [0.2, 0.25) is 0 Å². The molecular weight excluding hydrogens is 266 g/mol. The monoisotopic (exact) mass is 293 g/mol. The van der Waals surface area contributed by atoms with Crippen LogP contribution in [-0.2, 0) is 0 Å². The SMILES string of the molecule is CC1CCCC(O)(CNC(=O)c2cc(N)cn2C(C)C)C1. The molecule has 1 amide bonds. The second-order valence-electron chi connectivity index (χ2n) is 6.77. The molecule has 118 valence electrons. The predicted octanol–water partition coefficient (Wildman–Crippen LogP) is 2.32. The van der Waals surface area contributed by atoms with Crippen LogP contribution in [0.3, 0.4) is 0 Å². The molecule has 4 N–H and O–H groups in total. The zero-order chi connectivity index (χ0) is 15.6. The fraction of sp³-hybridized carbons (Fsp3) is 0.688. The molecule has 1 saturated carbocycles. The molecule has 1 aliphatic carbocycles. The molecule has 0 saturated heterocycles. The topological polar surface area (TPSA) is 80.3 Å². The van der Waals surface area contributed by atoms with Gasteiger partial charge in [0.05, 0.1) is 11.3 Å². The smallest absolute Gasteiger partial charge is 0.268 e. The standard InChI is InChI=1S/C16H27N3O2/c1-11(2)19-9-13(17)7-14(19)15(20)18-10-16(21)6-4-5-12(3)8-16/h7,9,11-12,21H,4-6,8,10,17H2,1-3H3,(H,18,20). The molecule has 1 fully saturated rings. The van der Waals surface area contributed by atoms with E-state index in [1.807, 2.05) is 18.4 Å². The second-order valence-corrected chi connectivity index (χ2v) is 6.77. The maximum Gasteiger partial charge on any atom is 0.268 e. The quantitative estimate of drug-likeness (QED) is 0.797. The highest BCUT2D eigenvalue weighted by Gasteiger charge is 2.33. The number of aliphatic hydroxyl groups is 1. The summed E-state index contributed by atoms with van der Waals surface area (Å²) < 4.78 is 1.86. The number of hydrogen-bond donors (Lipinski definition) is 3. The number of anilines is 1. The minimum Gasteiger partial charge on any atom is -0.397 e. The molecule has 1 aromatic rings. The van der Waals surface area contributed by atoms with Gasteiger partial charge in [-0.2, -0.15) is 0 Å². The first-order valence-corrected chi connectivity index (χ1v) is 7.79. The summed E-state index contributed by atoms with van der Waals surface area (Å²) in [5.41, 5.74) is 6.15. The summed E-state index contributed by atoms with van der Waals surface area (Å²) in [6, 6.07) is 1.85. The Morgan fingerprint density at radius 3 is 2.95 bits per heavy atom. The minimum absolute atomic E-state index is 0.167. The summed E-state index contributed by atoms with van der Waals surface area (Å²) in [5, 5.41) is 13.4. The molecule has 0 bridgehead atoms. The Morgan fingerprint density at radius 2 is 2.33 bits per heavy atom. The third-order valence-corrected chi connectivity index (χ3v) is 4.30. The lowest BCUT2D eigenvalue weighted by Gasteiger charge is -2.35. The van der Waals surface area contributed by atoms with Crippen molar-refractivity contribution in [3.63, 3.8) is 0 Å². The Labute approximate surface area is 126 Å². The minimum atomic E-state index is -0.770. The fourth-order valence-electron chi connectivity index (χ4n) is 3.24. The Morgan fingerprint density at radius 1 is 1.62 bits per heavy atom. The summed E-state index contributed by atoms with van der Waals surface area (Å²) in [7, 11) is 0. The van der Waals surface area contributed by atoms with Gasteiger partial charge in [0.25, 0.3) is 5.91 Å². The van der Waals surface area contributed by atoms with Gasteiger partial charge >= 0.3 is 0 Å². The Kier molecular flexibility index (Phi) is 4.61. The van der Waals surface area contributed by atoms with E-state index in [0.717, 1.165) is 25.7 Å². The Bertz CT molecular complexity index is 510. The average Bonchev–Trinajstić information content (AvgIpc) is 2.78. The molecule has 0 radical (unpaired) electrons. The highest BCUT2D eigenvalue weighted by atomic mass is 16.3. The van der Waals surface area contributed by atoms with Crippen LogP contribution in [0.25, 0.3) is 0 Å². The first kappa shape index (κ1) is 15.9. The van der Waals surface area contributed by atoms with Gasteiger partial charge in [0, 0.05) is 18.8 Å². The lowest BCUT2D eigenvalue weighted by atomic mass is 9.79. The summed E-state index contributed by atoms with van der Waals surface area (Å²) in [6.45, 7) is 6.47. The van der Waals surface area contributed by atoms with Crippen molar-refractivity contribution in [2.45, 2.75) is 58.1 Å². The van der Waals surface area contributed by atoms with Crippen molar-refractivity contribution in [1.29, 1.82) is 0 Å². The number of nitrogens with two attached hydrogens (primary N) is 1. The molecule has 5 nitrogen and oxygen atoms in total. The number of nitrogen functional groups attached to an aromatic ring is 1. The van der Waals surface area contributed by atoms with E-state index >= 15 is 0 Å². The zero-order valence-electron chi connectivity index (χ0n) is 13.2. The maximum atomic E-state index is 12.4. The van der Waals surface area contributed by atoms with E-state index in [1.165, 1.54) is 0 Å². The van der Waals surface area contributed by atoms with Crippen LogP contribution in [0.5, 0.6) is 0 Å². The van der Waals surface area contributed by atoms with Crippen LogP contribution in [0.15, 0.2) is 12.3 Å². The highest BCUT2D eigenvalue weighted by Crippen LogP contribution is 2.31. The predicted molar refractivity (Wildman–Crippen MR) is 84.1 cm³/mol. The van der Waals surface area contributed by atoms with Crippen LogP contribution in [0, 0.1) is 5.92 Å². The first-order chi connectivity index (χ1) is 9.81. The third kappa shape index (κ3) is 3.79. The van der Waals surface area contributed by atoms with Crippen LogP contribution in [-0.4, -0.2) is 27.7 Å². The number of aromatic nitrogens is 1. The van der Waals surface area contributed by atoms with Crippen LogP contribution in [0.2, 0.25) is 0 Å². The van der Waals surface area contributed by atoms with E-state index in [0.29, 0.717) is 23.8 Å². The number of nitrogens with zero attached hydrogens (tertiary/aromatic N) is 1. The molecule has 2 unspecified atom stereocenters. The summed E-state index contributed by atoms with van der Waals surface area (Å²) >= 11 is 0. The molecule has 0 aliphatic heterocycles. The highest BCUT2D eigenvalue weighted by molar-refractivity contribution is 5.93. The molecule has 2 atom stereocenters. The van der Waals surface area contributed by atoms with Gasteiger partial charge in [0.1, 0.15) is 5.69 Å². The van der Waals surface area contributed by atoms with Crippen molar-refractivity contribution in [1.82, 2.24) is 9.88 Å².